The van der Waals surface area contributed by atoms with Gasteiger partial charge in [0.15, 0.2) is 0 Å². The van der Waals surface area contributed by atoms with Crippen LogP contribution < -0.4 is 5.32 Å². The Morgan fingerprint density at radius 2 is 1.95 bits per heavy atom. The predicted molar refractivity (Wildman–Crippen MR) is 82.3 cm³/mol. The van der Waals surface area contributed by atoms with Gasteiger partial charge in [0.1, 0.15) is 5.82 Å². The van der Waals surface area contributed by atoms with Gasteiger partial charge in [-0.1, -0.05) is 29.8 Å². The van der Waals surface area contributed by atoms with Crippen molar-refractivity contribution in [2.45, 2.75) is 6.54 Å². The first-order valence-corrected chi connectivity index (χ1v) is 6.88. The maximum absolute atomic E-state index is 13.2. The molecule has 1 aromatic heterocycles. The molecule has 5 heteroatoms. The Morgan fingerprint density at radius 1 is 1.14 bits per heavy atom. The summed E-state index contributed by atoms with van der Waals surface area (Å²) in [6, 6.07) is 14.1. The third-order valence-corrected chi connectivity index (χ3v) is 3.40. The molecular formula is C16H13ClFN3. The minimum Gasteiger partial charge on any atom is -0.380 e. The van der Waals surface area contributed by atoms with E-state index in [1.807, 2.05) is 36.5 Å². The molecule has 0 unspecified atom stereocenters. The molecule has 1 N–H and O–H groups in total. The van der Waals surface area contributed by atoms with Gasteiger partial charge in [0.25, 0.3) is 0 Å². The Kier molecular flexibility index (Phi) is 3.88. The number of rotatable bonds is 4. The van der Waals surface area contributed by atoms with E-state index in [-0.39, 0.29) is 5.82 Å². The van der Waals surface area contributed by atoms with Crippen LogP contribution in [0, 0.1) is 5.82 Å². The van der Waals surface area contributed by atoms with Crippen molar-refractivity contribution >= 4 is 17.3 Å². The molecule has 0 aliphatic heterocycles. The highest BCUT2D eigenvalue weighted by molar-refractivity contribution is 6.33. The number of aromatic nitrogens is 2. The number of para-hydroxylation sites is 1. The van der Waals surface area contributed by atoms with Crippen molar-refractivity contribution in [2.75, 3.05) is 5.32 Å². The number of anilines is 1. The second kappa shape index (κ2) is 5.97. The van der Waals surface area contributed by atoms with Gasteiger partial charge >= 0.3 is 0 Å². The smallest absolute Gasteiger partial charge is 0.125 e. The molecule has 0 saturated carbocycles. The molecule has 0 spiro atoms. The average molecular weight is 302 g/mol. The Bertz CT molecular complexity index is 740. The molecule has 3 rings (SSSR count). The van der Waals surface area contributed by atoms with Gasteiger partial charge < -0.3 is 5.32 Å². The molecule has 3 nitrogen and oxygen atoms in total. The summed E-state index contributed by atoms with van der Waals surface area (Å²) in [5.74, 6) is -0.318. The molecule has 0 bridgehead atoms. The van der Waals surface area contributed by atoms with E-state index in [1.54, 1.807) is 10.9 Å². The maximum atomic E-state index is 13.2. The Hall–Kier alpha value is -2.33. The standard InChI is InChI=1S/C16H13ClFN3/c17-15-7-6-13(18)8-16(15)19-9-12-10-20-21(11-12)14-4-2-1-3-5-14/h1-8,10-11,19H,9H2. The minimum atomic E-state index is -0.318. The summed E-state index contributed by atoms with van der Waals surface area (Å²) in [6.45, 7) is 0.524. The Balaban J connectivity index is 1.72. The van der Waals surface area contributed by atoms with Crippen LogP contribution in [0.25, 0.3) is 5.69 Å². The lowest BCUT2D eigenvalue weighted by atomic mass is 10.3. The van der Waals surface area contributed by atoms with Crippen molar-refractivity contribution in [2.24, 2.45) is 0 Å². The van der Waals surface area contributed by atoms with Crippen LogP contribution in [-0.4, -0.2) is 9.78 Å². The summed E-state index contributed by atoms with van der Waals surface area (Å²) in [7, 11) is 0. The van der Waals surface area contributed by atoms with E-state index < -0.39 is 0 Å². The lowest BCUT2D eigenvalue weighted by Gasteiger charge is -2.07. The Labute approximate surface area is 127 Å². The van der Waals surface area contributed by atoms with Gasteiger partial charge in [-0.15, -0.1) is 0 Å². The average Bonchev–Trinajstić information content (AvgIpc) is 2.98. The lowest BCUT2D eigenvalue weighted by molar-refractivity contribution is 0.628. The monoisotopic (exact) mass is 301 g/mol. The number of hydrogen-bond acceptors (Lipinski definition) is 2. The van der Waals surface area contributed by atoms with Crippen LogP contribution in [0.1, 0.15) is 5.56 Å². The second-order valence-corrected chi connectivity index (χ2v) is 5.01. The van der Waals surface area contributed by atoms with Gasteiger partial charge in [0.2, 0.25) is 0 Å². The highest BCUT2D eigenvalue weighted by Gasteiger charge is 2.04. The summed E-state index contributed by atoms with van der Waals surface area (Å²) in [5, 5.41) is 7.91. The van der Waals surface area contributed by atoms with Crippen molar-refractivity contribution in [1.29, 1.82) is 0 Å². The topological polar surface area (TPSA) is 29.9 Å². The van der Waals surface area contributed by atoms with Crippen LogP contribution in [0.3, 0.4) is 0 Å². The van der Waals surface area contributed by atoms with Gasteiger partial charge in [0.05, 0.1) is 22.6 Å². The number of benzene rings is 2. The Morgan fingerprint density at radius 3 is 2.76 bits per heavy atom. The summed E-state index contributed by atoms with van der Waals surface area (Å²) in [6.07, 6.45) is 3.70. The van der Waals surface area contributed by atoms with Gasteiger partial charge in [-0.3, -0.25) is 0 Å². The molecule has 0 amide bonds. The maximum Gasteiger partial charge on any atom is 0.125 e. The van der Waals surface area contributed by atoms with E-state index in [4.69, 9.17) is 11.6 Å². The number of nitrogens with one attached hydrogen (secondary N) is 1. The minimum absolute atomic E-state index is 0.318. The fraction of sp³-hybridized carbons (Fsp3) is 0.0625. The van der Waals surface area contributed by atoms with Crippen molar-refractivity contribution in [1.82, 2.24) is 9.78 Å². The first-order chi connectivity index (χ1) is 10.2. The van der Waals surface area contributed by atoms with Gasteiger partial charge in [-0.25, -0.2) is 9.07 Å². The quantitative estimate of drug-likeness (QED) is 0.779. The lowest BCUT2D eigenvalue weighted by Crippen LogP contribution is -1.99. The van der Waals surface area contributed by atoms with Crippen LogP contribution in [0.4, 0.5) is 10.1 Å². The molecule has 0 atom stereocenters. The third kappa shape index (κ3) is 3.23. The molecule has 1 heterocycles. The number of nitrogens with zero attached hydrogens (tertiary/aromatic N) is 2. The van der Waals surface area contributed by atoms with Crippen LogP contribution in [-0.2, 0) is 6.54 Å². The highest BCUT2D eigenvalue weighted by atomic mass is 35.5. The SMILES string of the molecule is Fc1ccc(Cl)c(NCc2cnn(-c3ccccc3)c2)c1. The molecule has 0 fully saturated rings. The van der Waals surface area contributed by atoms with Crippen molar-refractivity contribution in [3.63, 3.8) is 0 Å². The van der Waals surface area contributed by atoms with Crippen molar-refractivity contribution in [3.05, 3.63) is 77.3 Å². The highest BCUT2D eigenvalue weighted by Crippen LogP contribution is 2.23. The zero-order valence-corrected chi connectivity index (χ0v) is 11.9. The molecular weight excluding hydrogens is 289 g/mol. The first-order valence-electron chi connectivity index (χ1n) is 6.50. The van der Waals surface area contributed by atoms with E-state index in [2.05, 4.69) is 10.4 Å². The molecule has 106 valence electrons. The fourth-order valence-corrected chi connectivity index (χ4v) is 2.19. The predicted octanol–water partition coefficient (Wildman–Crippen LogP) is 4.28. The molecule has 3 aromatic rings. The fourth-order valence-electron chi connectivity index (χ4n) is 2.00. The largest absolute Gasteiger partial charge is 0.380 e. The van der Waals surface area contributed by atoms with E-state index in [0.717, 1.165) is 11.3 Å². The molecule has 0 aliphatic carbocycles. The zero-order valence-electron chi connectivity index (χ0n) is 11.1. The third-order valence-electron chi connectivity index (χ3n) is 3.07. The molecule has 0 aliphatic rings. The first kappa shape index (κ1) is 13.6. The van der Waals surface area contributed by atoms with Crippen LogP contribution in [0.15, 0.2) is 60.9 Å². The van der Waals surface area contributed by atoms with E-state index in [0.29, 0.717) is 17.3 Å². The van der Waals surface area contributed by atoms with E-state index in [9.17, 15) is 4.39 Å². The van der Waals surface area contributed by atoms with Crippen molar-refractivity contribution < 1.29 is 4.39 Å². The molecule has 0 radical (unpaired) electrons. The summed E-state index contributed by atoms with van der Waals surface area (Å²) >= 11 is 6.01. The van der Waals surface area contributed by atoms with Crippen LogP contribution >= 0.6 is 11.6 Å². The van der Waals surface area contributed by atoms with Gasteiger partial charge in [0, 0.05) is 18.3 Å². The van der Waals surface area contributed by atoms with E-state index in [1.165, 1.54) is 18.2 Å². The van der Waals surface area contributed by atoms with Gasteiger partial charge in [-0.2, -0.15) is 5.10 Å². The van der Waals surface area contributed by atoms with Gasteiger partial charge in [-0.05, 0) is 30.3 Å². The molecule has 0 saturated heterocycles. The summed E-state index contributed by atoms with van der Waals surface area (Å²) < 4.78 is 15.0. The molecule has 2 aromatic carbocycles. The zero-order chi connectivity index (χ0) is 14.7. The van der Waals surface area contributed by atoms with Crippen molar-refractivity contribution in [3.8, 4) is 5.69 Å². The summed E-state index contributed by atoms with van der Waals surface area (Å²) in [4.78, 5) is 0. The normalized spacial score (nSPS) is 10.6. The second-order valence-electron chi connectivity index (χ2n) is 4.61. The van der Waals surface area contributed by atoms with Crippen LogP contribution in [0.2, 0.25) is 5.02 Å². The number of halogens is 2. The molecule has 21 heavy (non-hydrogen) atoms. The van der Waals surface area contributed by atoms with E-state index >= 15 is 0 Å². The van der Waals surface area contributed by atoms with Crippen LogP contribution in [0.5, 0.6) is 0 Å². The number of hydrogen-bond donors (Lipinski definition) is 1. The summed E-state index contributed by atoms with van der Waals surface area (Å²) in [5.41, 5.74) is 2.55.